The molecule has 1 aromatic carbocycles. The highest BCUT2D eigenvalue weighted by molar-refractivity contribution is 6.33. The molecule has 2 aromatic rings. The number of carbonyl (C=O) groups is 1. The summed E-state index contributed by atoms with van der Waals surface area (Å²) < 4.78 is 7.58. The molecule has 134 valence electrons. The van der Waals surface area contributed by atoms with Crippen LogP contribution in [-0.4, -0.2) is 40.3 Å². The van der Waals surface area contributed by atoms with Gasteiger partial charge in [0, 0.05) is 13.1 Å². The summed E-state index contributed by atoms with van der Waals surface area (Å²) in [5.74, 6) is 0.340. The molecule has 2 heterocycles. The van der Waals surface area contributed by atoms with Gasteiger partial charge < -0.3 is 9.64 Å². The summed E-state index contributed by atoms with van der Waals surface area (Å²) in [5, 5.41) is 4.88. The van der Waals surface area contributed by atoms with Gasteiger partial charge in [0.2, 0.25) is 0 Å². The van der Waals surface area contributed by atoms with Crippen molar-refractivity contribution >= 4 is 17.5 Å². The molecule has 0 spiro atoms. The van der Waals surface area contributed by atoms with Crippen LogP contribution in [0.4, 0.5) is 0 Å². The van der Waals surface area contributed by atoms with Crippen LogP contribution < -0.4 is 0 Å². The third-order valence-electron chi connectivity index (χ3n) is 4.34. The Morgan fingerprint density at radius 1 is 1.36 bits per heavy atom. The first-order valence-corrected chi connectivity index (χ1v) is 9.04. The summed E-state index contributed by atoms with van der Waals surface area (Å²) in [6, 6.07) is 9.99. The molecule has 3 rings (SSSR count). The van der Waals surface area contributed by atoms with E-state index in [1.54, 1.807) is 4.68 Å². The van der Waals surface area contributed by atoms with Crippen LogP contribution in [0.2, 0.25) is 5.15 Å². The van der Waals surface area contributed by atoms with Crippen molar-refractivity contribution in [2.75, 3.05) is 19.7 Å². The van der Waals surface area contributed by atoms with Gasteiger partial charge in [0.25, 0.3) is 5.91 Å². The summed E-state index contributed by atoms with van der Waals surface area (Å²) in [5.41, 5.74) is 2.27. The normalized spacial score (nSPS) is 18.0. The second-order valence-electron chi connectivity index (χ2n) is 6.85. The summed E-state index contributed by atoms with van der Waals surface area (Å²) in [6.07, 6.45) is -0.108. The van der Waals surface area contributed by atoms with Crippen molar-refractivity contribution in [3.8, 4) is 0 Å². The van der Waals surface area contributed by atoms with E-state index in [9.17, 15) is 4.79 Å². The van der Waals surface area contributed by atoms with Crippen LogP contribution in [0.1, 0.15) is 41.6 Å². The molecule has 0 radical (unpaired) electrons. The van der Waals surface area contributed by atoms with E-state index in [0.29, 0.717) is 48.6 Å². The molecule has 0 bridgehead atoms. The number of ether oxygens (including phenoxy) is 1. The van der Waals surface area contributed by atoms with E-state index in [1.165, 1.54) is 0 Å². The fraction of sp³-hybridized carbons (Fsp3) is 0.474. The van der Waals surface area contributed by atoms with Gasteiger partial charge in [-0.1, -0.05) is 55.8 Å². The first-order valence-electron chi connectivity index (χ1n) is 8.66. The molecule has 6 heteroatoms. The van der Waals surface area contributed by atoms with Gasteiger partial charge in [-0.15, -0.1) is 0 Å². The minimum atomic E-state index is -0.108. The first-order chi connectivity index (χ1) is 12.0. The predicted molar refractivity (Wildman–Crippen MR) is 97.9 cm³/mol. The van der Waals surface area contributed by atoms with E-state index in [-0.39, 0.29) is 12.0 Å². The van der Waals surface area contributed by atoms with Crippen LogP contribution in [-0.2, 0) is 11.3 Å². The number of halogens is 1. The molecule has 1 aliphatic heterocycles. The zero-order valence-electron chi connectivity index (χ0n) is 14.9. The first kappa shape index (κ1) is 18.0. The molecule has 1 atom stereocenters. The standard InChI is InChI=1S/C19H24ClN3O2/c1-13(2)11-23-18(20)17(14(3)21-23)19(24)22-9-10-25-16(12-22)15-7-5-4-6-8-15/h4-8,13,16H,9-12H2,1-3H3/t16-/m0/s1. The van der Waals surface area contributed by atoms with Gasteiger partial charge in [0.15, 0.2) is 0 Å². The summed E-state index contributed by atoms with van der Waals surface area (Å²) in [6.45, 7) is 8.33. The van der Waals surface area contributed by atoms with Crippen molar-refractivity contribution in [1.82, 2.24) is 14.7 Å². The molecule has 0 unspecified atom stereocenters. The Balaban J connectivity index is 1.80. The molecular formula is C19H24ClN3O2. The van der Waals surface area contributed by atoms with Crippen LogP contribution >= 0.6 is 11.6 Å². The number of hydrogen-bond acceptors (Lipinski definition) is 3. The Bertz CT molecular complexity index is 743. The van der Waals surface area contributed by atoms with Gasteiger partial charge in [-0.3, -0.25) is 9.48 Å². The second-order valence-corrected chi connectivity index (χ2v) is 7.21. The topological polar surface area (TPSA) is 47.4 Å². The highest BCUT2D eigenvalue weighted by atomic mass is 35.5. The van der Waals surface area contributed by atoms with Crippen molar-refractivity contribution in [3.05, 3.63) is 52.3 Å². The Morgan fingerprint density at radius 3 is 2.76 bits per heavy atom. The average Bonchev–Trinajstić information content (AvgIpc) is 2.88. The number of nitrogens with zero attached hydrogens (tertiary/aromatic N) is 3. The summed E-state index contributed by atoms with van der Waals surface area (Å²) in [7, 11) is 0. The van der Waals surface area contributed by atoms with Crippen LogP contribution in [0.25, 0.3) is 0 Å². The second kappa shape index (κ2) is 7.58. The maximum atomic E-state index is 13.0. The Kier molecular flexibility index (Phi) is 5.45. The molecule has 1 fully saturated rings. The Hall–Kier alpha value is -1.85. The van der Waals surface area contributed by atoms with Crippen molar-refractivity contribution in [3.63, 3.8) is 0 Å². The highest BCUT2D eigenvalue weighted by Crippen LogP contribution is 2.27. The monoisotopic (exact) mass is 361 g/mol. The molecule has 0 aliphatic carbocycles. The lowest BCUT2D eigenvalue weighted by Gasteiger charge is -2.33. The fourth-order valence-corrected chi connectivity index (χ4v) is 3.45. The SMILES string of the molecule is Cc1nn(CC(C)C)c(Cl)c1C(=O)N1CCO[C@H](c2ccccc2)C1. The number of amides is 1. The van der Waals surface area contributed by atoms with E-state index in [1.807, 2.05) is 42.2 Å². The number of aryl methyl sites for hydroxylation is 1. The Morgan fingerprint density at radius 2 is 2.08 bits per heavy atom. The molecule has 0 N–H and O–H groups in total. The number of carbonyl (C=O) groups excluding carboxylic acids is 1. The molecule has 5 nitrogen and oxygen atoms in total. The fourth-order valence-electron chi connectivity index (χ4n) is 3.12. The Labute approximate surface area is 153 Å². The van der Waals surface area contributed by atoms with Crippen molar-refractivity contribution < 1.29 is 9.53 Å². The number of morpholine rings is 1. The van der Waals surface area contributed by atoms with Crippen LogP contribution in [0.5, 0.6) is 0 Å². The number of benzene rings is 1. The zero-order valence-corrected chi connectivity index (χ0v) is 15.7. The van der Waals surface area contributed by atoms with Crippen molar-refractivity contribution in [1.29, 1.82) is 0 Å². The minimum absolute atomic E-state index is 0.0678. The number of aromatic nitrogens is 2. The van der Waals surface area contributed by atoms with Crippen molar-refractivity contribution in [2.45, 2.75) is 33.4 Å². The third-order valence-corrected chi connectivity index (χ3v) is 4.73. The molecule has 1 saturated heterocycles. The van der Waals surface area contributed by atoms with Crippen LogP contribution in [0, 0.1) is 12.8 Å². The summed E-state index contributed by atoms with van der Waals surface area (Å²) in [4.78, 5) is 14.9. The summed E-state index contributed by atoms with van der Waals surface area (Å²) >= 11 is 6.46. The van der Waals surface area contributed by atoms with E-state index in [0.717, 1.165) is 5.56 Å². The van der Waals surface area contributed by atoms with Gasteiger partial charge >= 0.3 is 0 Å². The number of rotatable bonds is 4. The quantitative estimate of drug-likeness (QED) is 0.833. The lowest BCUT2D eigenvalue weighted by Crippen LogP contribution is -2.42. The van der Waals surface area contributed by atoms with Gasteiger partial charge in [-0.25, -0.2) is 0 Å². The zero-order chi connectivity index (χ0) is 18.0. The highest BCUT2D eigenvalue weighted by Gasteiger charge is 2.30. The molecule has 0 saturated carbocycles. The molecule has 1 amide bonds. The molecule has 1 aliphatic rings. The maximum Gasteiger partial charge on any atom is 0.259 e. The molecular weight excluding hydrogens is 338 g/mol. The van der Waals surface area contributed by atoms with Gasteiger partial charge in [-0.05, 0) is 18.4 Å². The van der Waals surface area contributed by atoms with Gasteiger partial charge in [0.05, 0.1) is 24.4 Å². The lowest BCUT2D eigenvalue weighted by atomic mass is 10.1. The maximum absolute atomic E-state index is 13.0. The van der Waals surface area contributed by atoms with E-state index >= 15 is 0 Å². The van der Waals surface area contributed by atoms with E-state index in [4.69, 9.17) is 16.3 Å². The van der Waals surface area contributed by atoms with E-state index < -0.39 is 0 Å². The van der Waals surface area contributed by atoms with Crippen LogP contribution in [0.15, 0.2) is 30.3 Å². The predicted octanol–water partition coefficient (Wildman–Crippen LogP) is 3.71. The largest absolute Gasteiger partial charge is 0.370 e. The van der Waals surface area contributed by atoms with Crippen LogP contribution in [0.3, 0.4) is 0 Å². The van der Waals surface area contributed by atoms with Gasteiger partial charge in [0.1, 0.15) is 11.3 Å². The van der Waals surface area contributed by atoms with E-state index in [2.05, 4.69) is 18.9 Å². The smallest absolute Gasteiger partial charge is 0.259 e. The third kappa shape index (κ3) is 3.88. The van der Waals surface area contributed by atoms with Crippen molar-refractivity contribution in [2.24, 2.45) is 5.92 Å². The molecule has 25 heavy (non-hydrogen) atoms. The lowest BCUT2D eigenvalue weighted by molar-refractivity contribution is -0.0228. The van der Waals surface area contributed by atoms with Gasteiger partial charge in [-0.2, -0.15) is 5.10 Å². The number of hydrogen-bond donors (Lipinski definition) is 0. The molecule has 1 aromatic heterocycles. The minimum Gasteiger partial charge on any atom is -0.370 e. The average molecular weight is 362 g/mol.